The van der Waals surface area contributed by atoms with E-state index in [1.54, 1.807) is 41.3 Å². The third-order valence-corrected chi connectivity index (χ3v) is 6.38. The monoisotopic (exact) mass is 470 g/mol. The standard InChI is InChI=1S/C25H27ClN2O5/c1-17-13-19(7-8-20(17)26)32-15-22(29)18-6-9-23-21(14-18)28(25(31)16-33-23)12-4-5-24(30)27-10-2-3-11-27/h6-9,13-14H,2-5,10-12,15-16H2,1H3. The molecule has 0 bridgehead atoms. The highest BCUT2D eigenvalue weighted by Gasteiger charge is 2.27. The highest BCUT2D eigenvalue weighted by molar-refractivity contribution is 6.31. The van der Waals surface area contributed by atoms with Crippen molar-refractivity contribution in [2.75, 3.05) is 37.7 Å². The zero-order valence-electron chi connectivity index (χ0n) is 18.6. The second kappa shape index (κ2) is 10.3. The summed E-state index contributed by atoms with van der Waals surface area (Å²) in [5.41, 5.74) is 1.84. The number of carbonyl (C=O) groups is 3. The number of anilines is 1. The predicted octanol–water partition coefficient (Wildman–Crippen LogP) is 4.04. The summed E-state index contributed by atoms with van der Waals surface area (Å²) in [6.45, 7) is 3.71. The molecule has 1 fully saturated rings. The van der Waals surface area contributed by atoms with Crippen LogP contribution >= 0.6 is 11.6 Å². The number of rotatable bonds is 8. The average molecular weight is 471 g/mol. The Morgan fingerprint density at radius 1 is 1.12 bits per heavy atom. The minimum atomic E-state index is -0.215. The number of amides is 2. The van der Waals surface area contributed by atoms with Gasteiger partial charge in [-0.05, 0) is 68.1 Å². The van der Waals surface area contributed by atoms with Crippen LogP contribution in [0.5, 0.6) is 11.5 Å². The van der Waals surface area contributed by atoms with Gasteiger partial charge in [0, 0.05) is 36.6 Å². The number of ketones is 1. The SMILES string of the molecule is Cc1cc(OCC(=O)c2ccc3c(c2)N(CCCC(=O)N2CCCC2)C(=O)CO3)ccc1Cl. The lowest BCUT2D eigenvalue weighted by Gasteiger charge is -2.30. The van der Waals surface area contributed by atoms with Crippen molar-refractivity contribution >= 4 is 34.9 Å². The maximum absolute atomic E-state index is 12.7. The van der Waals surface area contributed by atoms with E-state index in [-0.39, 0.29) is 30.8 Å². The van der Waals surface area contributed by atoms with Gasteiger partial charge in [0.1, 0.15) is 11.5 Å². The molecule has 0 aromatic heterocycles. The van der Waals surface area contributed by atoms with Crippen LogP contribution in [0.15, 0.2) is 36.4 Å². The predicted molar refractivity (Wildman–Crippen MR) is 125 cm³/mol. The molecule has 8 heteroatoms. The second-order valence-corrected chi connectivity index (χ2v) is 8.74. The summed E-state index contributed by atoms with van der Waals surface area (Å²) in [5.74, 6) is 0.838. The Kier molecular flexibility index (Phi) is 7.18. The van der Waals surface area contributed by atoms with Crippen LogP contribution in [0.2, 0.25) is 5.02 Å². The van der Waals surface area contributed by atoms with Crippen LogP contribution in [0.3, 0.4) is 0 Å². The van der Waals surface area contributed by atoms with Crippen molar-refractivity contribution in [3.05, 3.63) is 52.5 Å². The molecule has 0 spiro atoms. The Hall–Kier alpha value is -3.06. The van der Waals surface area contributed by atoms with Gasteiger partial charge in [0.2, 0.25) is 5.91 Å². The minimum absolute atomic E-state index is 0.0562. The molecule has 2 aliphatic heterocycles. The fourth-order valence-electron chi connectivity index (χ4n) is 4.07. The van der Waals surface area contributed by atoms with Gasteiger partial charge in [-0.3, -0.25) is 14.4 Å². The van der Waals surface area contributed by atoms with Crippen LogP contribution < -0.4 is 14.4 Å². The third-order valence-electron chi connectivity index (χ3n) is 5.95. The van der Waals surface area contributed by atoms with E-state index in [1.807, 2.05) is 11.8 Å². The number of nitrogens with zero attached hydrogens (tertiary/aromatic N) is 2. The molecule has 0 saturated carbocycles. The fourth-order valence-corrected chi connectivity index (χ4v) is 4.19. The van der Waals surface area contributed by atoms with E-state index in [1.165, 1.54) is 0 Å². The zero-order chi connectivity index (χ0) is 23.4. The number of halogens is 1. The number of carbonyl (C=O) groups excluding carboxylic acids is 3. The van der Waals surface area contributed by atoms with Crippen molar-refractivity contribution in [3.63, 3.8) is 0 Å². The van der Waals surface area contributed by atoms with Gasteiger partial charge < -0.3 is 19.3 Å². The van der Waals surface area contributed by atoms with E-state index in [9.17, 15) is 14.4 Å². The maximum Gasteiger partial charge on any atom is 0.265 e. The summed E-state index contributed by atoms with van der Waals surface area (Å²) in [6, 6.07) is 10.2. The zero-order valence-corrected chi connectivity index (χ0v) is 19.4. The molecule has 2 aromatic rings. The van der Waals surface area contributed by atoms with Gasteiger partial charge in [-0.15, -0.1) is 0 Å². The Balaban J connectivity index is 1.40. The van der Waals surface area contributed by atoms with Gasteiger partial charge in [-0.25, -0.2) is 0 Å². The molecule has 2 aromatic carbocycles. The first-order valence-corrected chi connectivity index (χ1v) is 11.6. The number of ether oxygens (including phenoxy) is 2. The largest absolute Gasteiger partial charge is 0.485 e. The smallest absolute Gasteiger partial charge is 0.265 e. The number of likely N-dealkylation sites (tertiary alicyclic amines) is 1. The van der Waals surface area contributed by atoms with E-state index >= 15 is 0 Å². The van der Waals surface area contributed by atoms with Gasteiger partial charge in [0.25, 0.3) is 5.91 Å². The molecule has 2 amide bonds. The number of aryl methyl sites for hydroxylation is 1. The summed E-state index contributed by atoms with van der Waals surface area (Å²) >= 11 is 6.03. The summed E-state index contributed by atoms with van der Waals surface area (Å²) < 4.78 is 11.2. The van der Waals surface area contributed by atoms with E-state index in [4.69, 9.17) is 21.1 Å². The van der Waals surface area contributed by atoms with Crippen molar-refractivity contribution in [2.45, 2.75) is 32.6 Å². The highest BCUT2D eigenvalue weighted by Crippen LogP contribution is 2.33. The van der Waals surface area contributed by atoms with Crippen LogP contribution in [0.4, 0.5) is 5.69 Å². The fraction of sp³-hybridized carbons (Fsp3) is 0.400. The molecule has 2 aliphatic rings. The summed E-state index contributed by atoms with van der Waals surface area (Å²) in [7, 11) is 0. The van der Waals surface area contributed by atoms with Gasteiger partial charge in [-0.1, -0.05) is 11.6 Å². The lowest BCUT2D eigenvalue weighted by molar-refractivity contribution is -0.130. The highest BCUT2D eigenvalue weighted by atomic mass is 35.5. The second-order valence-electron chi connectivity index (χ2n) is 8.33. The number of fused-ring (bicyclic) bond motifs is 1. The molecule has 4 rings (SSSR count). The number of hydrogen-bond donors (Lipinski definition) is 0. The van der Waals surface area contributed by atoms with E-state index in [0.717, 1.165) is 31.5 Å². The lowest BCUT2D eigenvalue weighted by Crippen LogP contribution is -2.40. The first kappa shape index (κ1) is 23.1. The van der Waals surface area contributed by atoms with Crippen LogP contribution in [-0.2, 0) is 9.59 Å². The quantitative estimate of drug-likeness (QED) is 0.544. The number of hydrogen-bond acceptors (Lipinski definition) is 5. The maximum atomic E-state index is 12.7. The topological polar surface area (TPSA) is 76.2 Å². The van der Waals surface area contributed by atoms with Crippen LogP contribution in [0.1, 0.15) is 41.6 Å². The molecule has 2 heterocycles. The minimum Gasteiger partial charge on any atom is -0.485 e. The van der Waals surface area contributed by atoms with Gasteiger partial charge in [0.15, 0.2) is 19.0 Å². The molecule has 0 radical (unpaired) electrons. The summed E-state index contributed by atoms with van der Waals surface area (Å²) in [4.78, 5) is 41.1. The Morgan fingerprint density at radius 2 is 1.91 bits per heavy atom. The first-order chi connectivity index (χ1) is 15.9. The number of benzene rings is 2. The van der Waals surface area contributed by atoms with Crippen molar-refractivity contribution in [1.82, 2.24) is 4.90 Å². The van der Waals surface area contributed by atoms with Crippen molar-refractivity contribution < 1.29 is 23.9 Å². The van der Waals surface area contributed by atoms with Crippen LogP contribution in [0.25, 0.3) is 0 Å². The molecule has 0 aliphatic carbocycles. The third kappa shape index (κ3) is 5.47. The molecule has 7 nitrogen and oxygen atoms in total. The Labute approximate surface area is 198 Å². The van der Waals surface area contributed by atoms with Crippen molar-refractivity contribution in [3.8, 4) is 11.5 Å². The van der Waals surface area contributed by atoms with E-state index in [0.29, 0.717) is 47.2 Å². The molecule has 1 saturated heterocycles. The van der Waals surface area contributed by atoms with Gasteiger partial charge in [-0.2, -0.15) is 0 Å². The molecule has 0 unspecified atom stereocenters. The molecule has 33 heavy (non-hydrogen) atoms. The van der Waals surface area contributed by atoms with Gasteiger partial charge in [0.05, 0.1) is 5.69 Å². The summed E-state index contributed by atoms with van der Waals surface area (Å²) in [5, 5.41) is 0.634. The molecular formula is C25H27ClN2O5. The van der Waals surface area contributed by atoms with E-state index in [2.05, 4.69) is 0 Å². The normalized spacial score (nSPS) is 15.3. The van der Waals surface area contributed by atoms with Gasteiger partial charge >= 0.3 is 0 Å². The lowest BCUT2D eigenvalue weighted by atomic mass is 10.1. The van der Waals surface area contributed by atoms with Crippen molar-refractivity contribution in [2.24, 2.45) is 0 Å². The first-order valence-electron chi connectivity index (χ1n) is 11.2. The van der Waals surface area contributed by atoms with Crippen LogP contribution in [-0.4, -0.2) is 55.3 Å². The number of Topliss-reactive ketones (excluding diaryl/α,β-unsaturated/α-hetero) is 1. The summed E-state index contributed by atoms with van der Waals surface area (Å²) in [6.07, 6.45) is 3.06. The van der Waals surface area contributed by atoms with Crippen LogP contribution in [0, 0.1) is 6.92 Å². The average Bonchev–Trinajstić information content (AvgIpc) is 3.36. The van der Waals surface area contributed by atoms with E-state index < -0.39 is 0 Å². The molecule has 0 atom stereocenters. The molecule has 174 valence electrons. The Bertz CT molecular complexity index is 1060. The molecular weight excluding hydrogens is 444 g/mol. The molecule has 0 N–H and O–H groups in total. The van der Waals surface area contributed by atoms with Crippen molar-refractivity contribution in [1.29, 1.82) is 0 Å². The Morgan fingerprint density at radius 3 is 2.67 bits per heavy atom.